The van der Waals surface area contributed by atoms with Crippen LogP contribution >= 0.6 is 23.1 Å². The molecule has 132 valence electrons. The summed E-state index contributed by atoms with van der Waals surface area (Å²) in [6, 6.07) is 15.4. The number of benzene rings is 2. The second kappa shape index (κ2) is 6.41. The molecule has 3 heterocycles. The Bertz CT molecular complexity index is 1010. The van der Waals surface area contributed by atoms with Gasteiger partial charge in [-0.1, -0.05) is 36.0 Å². The highest BCUT2D eigenvalue weighted by molar-refractivity contribution is 8.01. The fraction of sp³-hybridized carbons (Fsp3) is 0.286. The molecule has 0 unspecified atom stereocenters. The van der Waals surface area contributed by atoms with E-state index < -0.39 is 0 Å². The Morgan fingerprint density at radius 2 is 1.81 bits per heavy atom. The van der Waals surface area contributed by atoms with Crippen LogP contribution in [0.1, 0.15) is 11.1 Å². The fourth-order valence-electron chi connectivity index (χ4n) is 3.62. The molecular weight excluding hydrogens is 358 g/mol. The van der Waals surface area contributed by atoms with Crippen molar-refractivity contribution in [1.82, 2.24) is 9.80 Å². The number of amidine groups is 1. The standard InChI is InChI=1S/C21H21N3S2/c1-14-7-8-16-18(13-14)26-21-19(15-5-3-4-6-17(15)25-21)20(22-16)24-11-9-23(2)10-12-24/h3-8,13H,9-12H2,1-2H3. The topological polar surface area (TPSA) is 18.8 Å². The third-order valence-corrected chi connectivity index (χ3v) is 7.54. The first-order valence-corrected chi connectivity index (χ1v) is 10.6. The first kappa shape index (κ1) is 16.4. The van der Waals surface area contributed by atoms with E-state index in [4.69, 9.17) is 4.99 Å². The zero-order valence-electron chi connectivity index (χ0n) is 15.0. The number of thiophene rings is 1. The monoisotopic (exact) mass is 379 g/mol. The van der Waals surface area contributed by atoms with Crippen molar-refractivity contribution in [3.63, 3.8) is 0 Å². The van der Waals surface area contributed by atoms with Gasteiger partial charge in [-0.3, -0.25) is 0 Å². The van der Waals surface area contributed by atoms with Crippen molar-refractivity contribution in [1.29, 1.82) is 0 Å². The van der Waals surface area contributed by atoms with E-state index >= 15 is 0 Å². The minimum Gasteiger partial charge on any atom is -0.353 e. The van der Waals surface area contributed by atoms with Crippen molar-refractivity contribution in [2.24, 2.45) is 4.99 Å². The number of piperazine rings is 1. The largest absolute Gasteiger partial charge is 0.353 e. The van der Waals surface area contributed by atoms with Crippen molar-refractivity contribution < 1.29 is 0 Å². The molecule has 1 aromatic heterocycles. The number of hydrogen-bond acceptors (Lipinski definition) is 5. The first-order valence-electron chi connectivity index (χ1n) is 9.01. The zero-order chi connectivity index (χ0) is 17.7. The van der Waals surface area contributed by atoms with Gasteiger partial charge >= 0.3 is 0 Å². The van der Waals surface area contributed by atoms with Crippen LogP contribution in [0.2, 0.25) is 0 Å². The summed E-state index contributed by atoms with van der Waals surface area (Å²) >= 11 is 3.77. The van der Waals surface area contributed by atoms with Crippen LogP contribution in [0.25, 0.3) is 10.1 Å². The lowest BCUT2D eigenvalue weighted by Gasteiger charge is -2.34. The second-order valence-electron chi connectivity index (χ2n) is 7.06. The van der Waals surface area contributed by atoms with E-state index in [2.05, 4.69) is 66.2 Å². The predicted molar refractivity (Wildman–Crippen MR) is 112 cm³/mol. The van der Waals surface area contributed by atoms with E-state index in [0.717, 1.165) is 37.7 Å². The van der Waals surface area contributed by atoms with Gasteiger partial charge in [-0.05, 0) is 37.7 Å². The molecule has 2 aromatic carbocycles. The van der Waals surface area contributed by atoms with Gasteiger partial charge in [0, 0.05) is 46.7 Å². The van der Waals surface area contributed by atoms with Gasteiger partial charge < -0.3 is 9.80 Å². The van der Waals surface area contributed by atoms with Crippen molar-refractivity contribution in [3.05, 3.63) is 53.6 Å². The highest BCUT2D eigenvalue weighted by Gasteiger charge is 2.27. The minimum absolute atomic E-state index is 1.03. The average Bonchev–Trinajstić information content (AvgIpc) is 2.92. The lowest BCUT2D eigenvalue weighted by Crippen LogP contribution is -2.47. The molecule has 5 rings (SSSR count). The average molecular weight is 380 g/mol. The Morgan fingerprint density at radius 1 is 1.00 bits per heavy atom. The maximum absolute atomic E-state index is 5.20. The summed E-state index contributed by atoms with van der Waals surface area (Å²) in [5.74, 6) is 1.15. The number of likely N-dealkylation sites (N-methyl/N-ethyl adjacent to an activating group) is 1. The van der Waals surface area contributed by atoms with E-state index in [1.54, 1.807) is 0 Å². The van der Waals surface area contributed by atoms with E-state index in [1.807, 2.05) is 23.1 Å². The number of nitrogens with zero attached hydrogens (tertiary/aromatic N) is 3. The Balaban J connectivity index is 1.72. The molecule has 0 N–H and O–H groups in total. The summed E-state index contributed by atoms with van der Waals surface area (Å²) in [5.41, 5.74) is 3.72. The van der Waals surface area contributed by atoms with Crippen LogP contribution in [0.4, 0.5) is 5.69 Å². The highest BCUT2D eigenvalue weighted by atomic mass is 32.2. The lowest BCUT2D eigenvalue weighted by atomic mass is 10.1. The van der Waals surface area contributed by atoms with Gasteiger partial charge in [0.25, 0.3) is 0 Å². The van der Waals surface area contributed by atoms with Crippen LogP contribution in [0.3, 0.4) is 0 Å². The van der Waals surface area contributed by atoms with Crippen molar-refractivity contribution in [2.75, 3.05) is 33.2 Å². The van der Waals surface area contributed by atoms with E-state index in [1.165, 1.54) is 30.3 Å². The van der Waals surface area contributed by atoms with Gasteiger partial charge in [0.05, 0.1) is 9.90 Å². The SMILES string of the molecule is Cc1ccc2c(c1)Sc1sc3ccccc3c1C(N1CCN(C)CC1)=N2. The lowest BCUT2D eigenvalue weighted by molar-refractivity contribution is 0.216. The smallest absolute Gasteiger partial charge is 0.139 e. The van der Waals surface area contributed by atoms with Gasteiger partial charge in [-0.15, -0.1) is 11.3 Å². The molecule has 0 radical (unpaired) electrons. The van der Waals surface area contributed by atoms with Crippen LogP contribution in [-0.4, -0.2) is 48.9 Å². The minimum atomic E-state index is 1.03. The van der Waals surface area contributed by atoms with Crippen molar-refractivity contribution in [2.45, 2.75) is 16.0 Å². The zero-order valence-corrected chi connectivity index (χ0v) is 16.7. The number of aryl methyl sites for hydroxylation is 1. The molecule has 0 aliphatic carbocycles. The molecular formula is C21H21N3S2. The molecule has 0 atom stereocenters. The fourth-order valence-corrected chi connectivity index (χ4v) is 6.22. The number of hydrogen-bond donors (Lipinski definition) is 0. The summed E-state index contributed by atoms with van der Waals surface area (Å²) in [6.07, 6.45) is 0. The van der Waals surface area contributed by atoms with Crippen LogP contribution in [0.5, 0.6) is 0 Å². The molecule has 3 aromatic rings. The summed E-state index contributed by atoms with van der Waals surface area (Å²) < 4.78 is 2.72. The molecule has 1 saturated heterocycles. The molecule has 3 nitrogen and oxygen atoms in total. The Hall–Kier alpha value is -1.82. The van der Waals surface area contributed by atoms with Gasteiger partial charge in [-0.2, -0.15) is 0 Å². The Kier molecular flexibility index (Phi) is 4.03. The van der Waals surface area contributed by atoms with Crippen LogP contribution < -0.4 is 0 Å². The Morgan fingerprint density at radius 3 is 2.65 bits per heavy atom. The first-order chi connectivity index (χ1) is 12.7. The van der Waals surface area contributed by atoms with Gasteiger partial charge in [0.1, 0.15) is 5.84 Å². The van der Waals surface area contributed by atoms with E-state index in [-0.39, 0.29) is 0 Å². The quantitative estimate of drug-likeness (QED) is 0.548. The van der Waals surface area contributed by atoms with Crippen LogP contribution in [0.15, 0.2) is 56.6 Å². The molecule has 0 bridgehead atoms. The highest BCUT2D eigenvalue weighted by Crippen LogP contribution is 2.47. The van der Waals surface area contributed by atoms with Gasteiger partial charge in [0.15, 0.2) is 0 Å². The molecule has 5 heteroatoms. The van der Waals surface area contributed by atoms with Gasteiger partial charge in [0.2, 0.25) is 0 Å². The summed E-state index contributed by atoms with van der Waals surface area (Å²) in [7, 11) is 2.20. The third kappa shape index (κ3) is 2.75. The number of rotatable bonds is 0. The maximum atomic E-state index is 5.20. The summed E-state index contributed by atoms with van der Waals surface area (Å²) in [6.45, 7) is 6.40. The normalized spacial score (nSPS) is 17.6. The molecule has 1 fully saturated rings. The van der Waals surface area contributed by atoms with Gasteiger partial charge in [-0.25, -0.2) is 4.99 Å². The maximum Gasteiger partial charge on any atom is 0.139 e. The number of aliphatic imine (C=N–C) groups is 1. The molecule has 2 aliphatic rings. The third-order valence-electron chi connectivity index (χ3n) is 5.13. The van der Waals surface area contributed by atoms with Crippen molar-refractivity contribution >= 4 is 44.7 Å². The van der Waals surface area contributed by atoms with E-state index in [0.29, 0.717) is 0 Å². The second-order valence-corrected chi connectivity index (χ2v) is 9.42. The molecule has 0 spiro atoms. The Labute approximate surface area is 162 Å². The molecule has 2 aliphatic heterocycles. The number of fused-ring (bicyclic) bond motifs is 4. The summed E-state index contributed by atoms with van der Waals surface area (Å²) in [4.78, 5) is 11.3. The van der Waals surface area contributed by atoms with Crippen LogP contribution in [0, 0.1) is 6.92 Å². The predicted octanol–water partition coefficient (Wildman–Crippen LogP) is 5.00. The summed E-state index contributed by atoms with van der Waals surface area (Å²) in [5, 5.41) is 1.34. The molecule has 0 saturated carbocycles. The molecule has 26 heavy (non-hydrogen) atoms. The van der Waals surface area contributed by atoms with Crippen LogP contribution in [-0.2, 0) is 0 Å². The molecule has 0 amide bonds. The van der Waals surface area contributed by atoms with Crippen molar-refractivity contribution in [3.8, 4) is 0 Å². The van der Waals surface area contributed by atoms with E-state index in [9.17, 15) is 0 Å².